The van der Waals surface area contributed by atoms with E-state index in [0.29, 0.717) is 26.1 Å². The van der Waals surface area contributed by atoms with Crippen LogP contribution in [0.1, 0.15) is 30.3 Å². The Bertz CT molecular complexity index is 1340. The Morgan fingerprint density at radius 2 is 2.19 bits per heavy atom. The average Bonchev–Trinajstić information content (AvgIpc) is 3.61. The lowest BCUT2D eigenvalue weighted by Gasteiger charge is -2.34. The number of nitrogens with one attached hydrogen (secondary N) is 1. The monoisotopic (exact) mass is 492 g/mol. The molecule has 1 aliphatic heterocycles. The van der Waals surface area contributed by atoms with E-state index in [9.17, 15) is 9.90 Å². The van der Waals surface area contributed by atoms with Gasteiger partial charge >= 0.3 is 6.09 Å². The number of imidazole rings is 1. The molecular weight excluding hydrogens is 460 g/mol. The molecule has 0 saturated heterocycles. The second-order valence-corrected chi connectivity index (χ2v) is 9.24. The van der Waals surface area contributed by atoms with Gasteiger partial charge in [0.15, 0.2) is 0 Å². The highest BCUT2D eigenvalue weighted by atomic mass is 16.5. The zero-order valence-electron chi connectivity index (χ0n) is 20.8. The molecule has 1 amide bonds. The van der Waals surface area contributed by atoms with Crippen LogP contribution in [0, 0.1) is 0 Å². The maximum absolute atomic E-state index is 12.5. The summed E-state index contributed by atoms with van der Waals surface area (Å²) in [6, 6.07) is 5.89. The average molecular weight is 493 g/mol. The van der Waals surface area contributed by atoms with Crippen LogP contribution in [-0.4, -0.2) is 59.7 Å². The summed E-state index contributed by atoms with van der Waals surface area (Å²) < 4.78 is 10.7. The number of carbonyl (C=O) groups excluding carboxylic acids is 1. The minimum Gasteiger partial charge on any atom is -0.452 e. The highest BCUT2D eigenvalue weighted by Gasteiger charge is 2.31. The minimum absolute atomic E-state index is 0.0438. The van der Waals surface area contributed by atoms with Crippen LogP contribution in [0.4, 0.5) is 10.5 Å². The Hall–Kier alpha value is -3.70. The van der Waals surface area contributed by atoms with Crippen LogP contribution in [0.2, 0.25) is 0 Å². The zero-order chi connectivity index (χ0) is 25.2. The molecular formula is C25H32N8O3. The van der Waals surface area contributed by atoms with Crippen LogP contribution in [0.5, 0.6) is 0 Å². The lowest BCUT2D eigenvalue weighted by atomic mass is 9.96. The molecule has 36 heavy (non-hydrogen) atoms. The standard InChI is InChI=1S/C25H32N8O3/c1-17-5-6-19-20(33(17)25(35)36-3)7-8-21-24(19)29-22(9-12-31-11-4-10-27-31)32(21)16-23(34)26-13-18-14-28-30(2)15-18/h4,7-8,10-11,14-15,17,23,26,34H,5-6,9,12-13,16H2,1-3H3/t17-,23?/m0/s1. The molecule has 2 N–H and O–H groups in total. The Labute approximate surface area is 209 Å². The number of hydrogen-bond donors (Lipinski definition) is 2. The summed E-state index contributed by atoms with van der Waals surface area (Å²) in [7, 11) is 3.27. The predicted molar refractivity (Wildman–Crippen MR) is 134 cm³/mol. The van der Waals surface area contributed by atoms with Gasteiger partial charge in [-0.2, -0.15) is 10.2 Å². The van der Waals surface area contributed by atoms with Crippen LogP contribution in [-0.2, 0) is 44.3 Å². The molecule has 2 atom stereocenters. The number of aryl methyl sites for hydroxylation is 4. The molecule has 4 aromatic rings. The third-order valence-corrected chi connectivity index (χ3v) is 6.74. The summed E-state index contributed by atoms with van der Waals surface area (Å²) >= 11 is 0. The first-order valence-electron chi connectivity index (χ1n) is 12.2. The Balaban J connectivity index is 1.47. The van der Waals surface area contributed by atoms with E-state index >= 15 is 0 Å². The van der Waals surface area contributed by atoms with Crippen molar-refractivity contribution in [1.29, 1.82) is 0 Å². The van der Waals surface area contributed by atoms with E-state index in [1.165, 1.54) is 7.11 Å². The van der Waals surface area contributed by atoms with Crippen molar-refractivity contribution < 1.29 is 14.6 Å². The number of anilines is 1. The molecule has 0 bridgehead atoms. The van der Waals surface area contributed by atoms with Crippen molar-refractivity contribution in [2.24, 2.45) is 7.05 Å². The molecule has 11 heteroatoms. The Kier molecular flexibility index (Phi) is 6.75. The maximum atomic E-state index is 12.5. The van der Waals surface area contributed by atoms with Crippen LogP contribution in [0.15, 0.2) is 43.0 Å². The van der Waals surface area contributed by atoms with Crippen molar-refractivity contribution in [2.45, 2.75) is 58.1 Å². The van der Waals surface area contributed by atoms with Gasteiger partial charge in [0, 0.05) is 62.3 Å². The molecule has 0 radical (unpaired) electrons. The van der Waals surface area contributed by atoms with Gasteiger partial charge in [0.05, 0.1) is 36.6 Å². The van der Waals surface area contributed by atoms with Gasteiger partial charge < -0.3 is 14.4 Å². The molecule has 1 aromatic carbocycles. The van der Waals surface area contributed by atoms with Gasteiger partial charge in [-0.15, -0.1) is 0 Å². The molecule has 1 aliphatic rings. The molecule has 1 unspecified atom stereocenters. The molecule has 5 rings (SSSR count). The Morgan fingerprint density at radius 3 is 2.92 bits per heavy atom. The van der Waals surface area contributed by atoms with Gasteiger partial charge in [-0.05, 0) is 38.0 Å². The number of methoxy groups -OCH3 is 1. The zero-order valence-corrected chi connectivity index (χ0v) is 20.8. The normalized spacial score (nSPS) is 16.3. The molecule has 4 heterocycles. The molecule has 3 aromatic heterocycles. The fraction of sp³-hybridized carbons (Fsp3) is 0.440. The summed E-state index contributed by atoms with van der Waals surface area (Å²) in [6.07, 6.45) is 8.53. The van der Waals surface area contributed by atoms with Crippen molar-refractivity contribution in [3.8, 4) is 0 Å². The van der Waals surface area contributed by atoms with Gasteiger partial charge in [0.25, 0.3) is 0 Å². The van der Waals surface area contributed by atoms with Crippen molar-refractivity contribution >= 4 is 22.8 Å². The number of rotatable bonds is 8. The summed E-state index contributed by atoms with van der Waals surface area (Å²) in [5.74, 6) is 0.861. The largest absolute Gasteiger partial charge is 0.452 e. The summed E-state index contributed by atoms with van der Waals surface area (Å²) in [4.78, 5) is 19.3. The van der Waals surface area contributed by atoms with Gasteiger partial charge in [0.1, 0.15) is 12.1 Å². The van der Waals surface area contributed by atoms with E-state index in [-0.39, 0.29) is 12.1 Å². The molecule has 0 spiro atoms. The van der Waals surface area contributed by atoms with Gasteiger partial charge in [-0.1, -0.05) is 0 Å². The van der Waals surface area contributed by atoms with Gasteiger partial charge in [-0.25, -0.2) is 9.78 Å². The Morgan fingerprint density at radius 1 is 1.33 bits per heavy atom. The molecule has 190 valence electrons. The smallest absolute Gasteiger partial charge is 0.414 e. The topological polar surface area (TPSA) is 115 Å². The SMILES string of the molecule is COC(=O)N1c2ccc3c(nc(CCn4cccn4)n3CC(O)NCc3cnn(C)c3)c2CC[C@@H]1C. The van der Waals surface area contributed by atoms with E-state index < -0.39 is 6.23 Å². The van der Waals surface area contributed by atoms with E-state index in [0.717, 1.165) is 46.5 Å². The number of ether oxygens (including phenoxy) is 1. The van der Waals surface area contributed by atoms with Crippen LogP contribution >= 0.6 is 0 Å². The van der Waals surface area contributed by atoms with Crippen LogP contribution in [0.25, 0.3) is 11.0 Å². The number of carbonyl (C=O) groups is 1. The fourth-order valence-corrected chi connectivity index (χ4v) is 4.93. The summed E-state index contributed by atoms with van der Waals surface area (Å²) in [5.41, 5.74) is 4.67. The van der Waals surface area contributed by atoms with E-state index in [2.05, 4.69) is 20.1 Å². The maximum Gasteiger partial charge on any atom is 0.414 e. The van der Waals surface area contributed by atoms with Gasteiger partial charge in [-0.3, -0.25) is 19.6 Å². The molecule has 11 nitrogen and oxygen atoms in total. The van der Waals surface area contributed by atoms with Crippen molar-refractivity contribution in [3.63, 3.8) is 0 Å². The first-order valence-corrected chi connectivity index (χ1v) is 12.2. The molecule has 0 saturated carbocycles. The van der Waals surface area contributed by atoms with Crippen molar-refractivity contribution in [3.05, 3.63) is 59.9 Å². The van der Waals surface area contributed by atoms with Gasteiger partial charge in [0.2, 0.25) is 0 Å². The van der Waals surface area contributed by atoms with Crippen LogP contribution in [0.3, 0.4) is 0 Å². The van der Waals surface area contributed by atoms with Crippen molar-refractivity contribution in [1.82, 2.24) is 34.4 Å². The lowest BCUT2D eigenvalue weighted by Crippen LogP contribution is -2.42. The number of aromatic nitrogens is 6. The fourth-order valence-electron chi connectivity index (χ4n) is 4.93. The first-order chi connectivity index (χ1) is 17.4. The number of aliphatic hydroxyl groups is 1. The first kappa shape index (κ1) is 24.0. The van der Waals surface area contributed by atoms with E-state index in [1.807, 2.05) is 49.2 Å². The quantitative estimate of drug-likeness (QED) is 0.363. The number of amides is 1. The van der Waals surface area contributed by atoms with E-state index in [1.54, 1.807) is 22.0 Å². The second-order valence-electron chi connectivity index (χ2n) is 9.24. The third kappa shape index (κ3) is 4.71. The number of aliphatic hydroxyl groups excluding tert-OH is 1. The van der Waals surface area contributed by atoms with E-state index in [4.69, 9.17) is 9.72 Å². The lowest BCUT2D eigenvalue weighted by molar-refractivity contribution is 0.116. The summed E-state index contributed by atoms with van der Waals surface area (Å²) in [5, 5.41) is 22.5. The highest BCUT2D eigenvalue weighted by molar-refractivity contribution is 5.95. The molecule has 0 fully saturated rings. The van der Waals surface area contributed by atoms with Crippen molar-refractivity contribution in [2.75, 3.05) is 12.0 Å². The minimum atomic E-state index is -0.784. The number of nitrogens with zero attached hydrogens (tertiary/aromatic N) is 7. The van der Waals surface area contributed by atoms with Crippen LogP contribution < -0.4 is 10.2 Å². The highest BCUT2D eigenvalue weighted by Crippen LogP contribution is 2.36. The number of benzene rings is 1. The third-order valence-electron chi connectivity index (χ3n) is 6.74. The number of hydrogen-bond acceptors (Lipinski definition) is 7. The number of fused-ring (bicyclic) bond motifs is 3. The summed E-state index contributed by atoms with van der Waals surface area (Å²) in [6.45, 7) is 3.54. The molecule has 0 aliphatic carbocycles. The second kappa shape index (κ2) is 10.1. The predicted octanol–water partition coefficient (Wildman–Crippen LogP) is 2.22.